The minimum atomic E-state index is -0.366. The third-order valence-corrected chi connectivity index (χ3v) is 3.41. The molecular formula is C11H21N3O2. The predicted octanol–water partition coefficient (Wildman–Crippen LogP) is -1.03. The quantitative estimate of drug-likeness (QED) is 0.486. The minimum absolute atomic E-state index is 0.0122. The molecule has 2 aliphatic rings. The molecule has 2 rings (SSSR count). The Labute approximate surface area is 96.0 Å². The van der Waals surface area contributed by atoms with E-state index >= 15 is 0 Å². The van der Waals surface area contributed by atoms with Gasteiger partial charge in [-0.1, -0.05) is 12.8 Å². The highest BCUT2D eigenvalue weighted by Gasteiger charge is 2.28. The highest BCUT2D eigenvalue weighted by molar-refractivity contribution is 5.82. The fourth-order valence-corrected chi connectivity index (χ4v) is 2.40. The molecule has 3 unspecified atom stereocenters. The molecule has 1 saturated heterocycles. The lowest BCUT2D eigenvalue weighted by Crippen LogP contribution is -2.58. The number of aliphatic hydroxyl groups is 1. The minimum Gasteiger partial charge on any atom is -0.391 e. The van der Waals surface area contributed by atoms with E-state index in [0.29, 0.717) is 6.54 Å². The van der Waals surface area contributed by atoms with Crippen molar-refractivity contribution in [1.82, 2.24) is 16.0 Å². The second-order valence-electron chi connectivity index (χ2n) is 4.68. The monoisotopic (exact) mass is 227 g/mol. The van der Waals surface area contributed by atoms with Gasteiger partial charge in [-0.25, -0.2) is 0 Å². The number of rotatable bonds is 2. The lowest BCUT2D eigenvalue weighted by Gasteiger charge is -2.31. The summed E-state index contributed by atoms with van der Waals surface area (Å²) >= 11 is 0. The molecular weight excluding hydrogens is 206 g/mol. The molecule has 4 N–H and O–H groups in total. The molecule has 1 aliphatic heterocycles. The molecule has 1 amide bonds. The van der Waals surface area contributed by atoms with E-state index in [1.54, 1.807) is 0 Å². The average molecular weight is 227 g/mol. The summed E-state index contributed by atoms with van der Waals surface area (Å²) in [6, 6.07) is -0.201. The van der Waals surface area contributed by atoms with Gasteiger partial charge in [0.25, 0.3) is 0 Å². The van der Waals surface area contributed by atoms with E-state index in [1.165, 1.54) is 0 Å². The van der Waals surface area contributed by atoms with Gasteiger partial charge in [-0.2, -0.15) is 0 Å². The summed E-state index contributed by atoms with van der Waals surface area (Å²) in [5.74, 6) is 0.0122. The number of piperazine rings is 1. The van der Waals surface area contributed by atoms with Crippen LogP contribution in [0.4, 0.5) is 0 Å². The predicted molar refractivity (Wildman–Crippen MR) is 61.1 cm³/mol. The molecule has 5 heteroatoms. The van der Waals surface area contributed by atoms with E-state index in [2.05, 4.69) is 16.0 Å². The van der Waals surface area contributed by atoms with Crippen LogP contribution >= 0.6 is 0 Å². The molecule has 5 nitrogen and oxygen atoms in total. The molecule has 0 radical (unpaired) electrons. The zero-order chi connectivity index (χ0) is 11.4. The topological polar surface area (TPSA) is 73.4 Å². The zero-order valence-corrected chi connectivity index (χ0v) is 9.54. The lowest BCUT2D eigenvalue weighted by molar-refractivity contribution is -0.125. The van der Waals surface area contributed by atoms with Gasteiger partial charge in [-0.3, -0.25) is 4.79 Å². The maximum atomic E-state index is 11.9. The first kappa shape index (κ1) is 11.8. The number of nitrogens with one attached hydrogen (secondary N) is 3. The first-order valence-electron chi connectivity index (χ1n) is 6.20. The van der Waals surface area contributed by atoms with Crippen molar-refractivity contribution in [2.24, 2.45) is 0 Å². The number of hydrogen-bond acceptors (Lipinski definition) is 4. The largest absolute Gasteiger partial charge is 0.391 e. The summed E-state index contributed by atoms with van der Waals surface area (Å²) < 4.78 is 0. The van der Waals surface area contributed by atoms with Crippen molar-refractivity contribution in [1.29, 1.82) is 0 Å². The van der Waals surface area contributed by atoms with E-state index in [1.807, 2.05) is 0 Å². The Hall–Kier alpha value is -0.650. The van der Waals surface area contributed by atoms with Crippen molar-refractivity contribution in [3.63, 3.8) is 0 Å². The van der Waals surface area contributed by atoms with Crippen LogP contribution in [-0.4, -0.2) is 48.8 Å². The van der Waals surface area contributed by atoms with Crippen LogP contribution in [0.2, 0.25) is 0 Å². The Balaban J connectivity index is 1.80. The summed E-state index contributed by atoms with van der Waals surface area (Å²) in [7, 11) is 0. The standard InChI is InChI=1S/C11H21N3O2/c15-10-4-2-1-3-8(10)14-11(16)9-7-12-5-6-13-9/h8-10,12-13,15H,1-7H2,(H,14,16). The highest BCUT2D eigenvalue weighted by atomic mass is 16.3. The summed E-state index contributed by atoms with van der Waals surface area (Å²) in [6.07, 6.45) is 3.50. The normalized spacial score (nSPS) is 35.7. The third-order valence-electron chi connectivity index (χ3n) is 3.41. The summed E-state index contributed by atoms with van der Waals surface area (Å²) in [4.78, 5) is 11.9. The molecule has 2 fully saturated rings. The van der Waals surface area contributed by atoms with E-state index in [0.717, 1.165) is 38.8 Å². The van der Waals surface area contributed by atoms with Gasteiger partial charge in [0.05, 0.1) is 18.2 Å². The molecule has 0 aromatic rings. The SMILES string of the molecule is O=C(NC1CCCCC1O)C1CNCCN1. The van der Waals surface area contributed by atoms with Crippen molar-refractivity contribution < 1.29 is 9.90 Å². The molecule has 0 spiro atoms. The molecule has 0 aromatic carbocycles. The first-order valence-corrected chi connectivity index (χ1v) is 6.20. The lowest BCUT2D eigenvalue weighted by atomic mass is 9.92. The van der Waals surface area contributed by atoms with Crippen LogP contribution in [-0.2, 0) is 4.79 Å². The zero-order valence-electron chi connectivity index (χ0n) is 9.54. The molecule has 16 heavy (non-hydrogen) atoms. The second-order valence-corrected chi connectivity index (χ2v) is 4.68. The fourth-order valence-electron chi connectivity index (χ4n) is 2.40. The Bertz CT molecular complexity index is 241. The van der Waals surface area contributed by atoms with Gasteiger partial charge < -0.3 is 21.1 Å². The van der Waals surface area contributed by atoms with E-state index in [9.17, 15) is 9.90 Å². The van der Waals surface area contributed by atoms with Gasteiger partial charge in [0, 0.05) is 19.6 Å². The number of carbonyl (C=O) groups excluding carboxylic acids is 1. The molecule has 3 atom stereocenters. The van der Waals surface area contributed by atoms with E-state index < -0.39 is 0 Å². The van der Waals surface area contributed by atoms with Crippen LogP contribution in [0.25, 0.3) is 0 Å². The maximum Gasteiger partial charge on any atom is 0.238 e. The smallest absolute Gasteiger partial charge is 0.238 e. The van der Waals surface area contributed by atoms with Crippen LogP contribution < -0.4 is 16.0 Å². The molecule has 1 aliphatic carbocycles. The van der Waals surface area contributed by atoms with Gasteiger partial charge in [0.1, 0.15) is 0 Å². The number of carbonyl (C=O) groups is 1. The van der Waals surface area contributed by atoms with Gasteiger partial charge in [-0.15, -0.1) is 0 Å². The van der Waals surface area contributed by atoms with Crippen LogP contribution in [0.5, 0.6) is 0 Å². The molecule has 92 valence electrons. The Morgan fingerprint density at radius 2 is 2.06 bits per heavy atom. The summed E-state index contributed by atoms with van der Waals surface area (Å²) in [6.45, 7) is 2.41. The third kappa shape index (κ3) is 2.93. The second kappa shape index (κ2) is 5.61. The number of amides is 1. The highest BCUT2D eigenvalue weighted by Crippen LogP contribution is 2.18. The van der Waals surface area contributed by atoms with Crippen LogP contribution in [0, 0.1) is 0 Å². The first-order chi connectivity index (χ1) is 7.77. The molecule has 0 bridgehead atoms. The number of aliphatic hydroxyl groups excluding tert-OH is 1. The summed E-state index contributed by atoms with van der Waals surface area (Å²) in [5.41, 5.74) is 0. The number of hydrogen-bond donors (Lipinski definition) is 4. The molecule has 0 aromatic heterocycles. The fraction of sp³-hybridized carbons (Fsp3) is 0.909. The molecule has 1 saturated carbocycles. The molecule has 1 heterocycles. The van der Waals surface area contributed by atoms with Crippen molar-refractivity contribution in [2.75, 3.05) is 19.6 Å². The Morgan fingerprint density at radius 1 is 1.25 bits per heavy atom. The van der Waals surface area contributed by atoms with Crippen molar-refractivity contribution in [3.8, 4) is 0 Å². The van der Waals surface area contributed by atoms with Crippen LogP contribution in [0.3, 0.4) is 0 Å². The van der Waals surface area contributed by atoms with Crippen LogP contribution in [0.1, 0.15) is 25.7 Å². The average Bonchev–Trinajstić information content (AvgIpc) is 2.33. The van der Waals surface area contributed by atoms with Crippen LogP contribution in [0.15, 0.2) is 0 Å². The van der Waals surface area contributed by atoms with Crippen molar-refractivity contribution in [2.45, 2.75) is 43.9 Å². The van der Waals surface area contributed by atoms with Crippen molar-refractivity contribution in [3.05, 3.63) is 0 Å². The van der Waals surface area contributed by atoms with E-state index in [4.69, 9.17) is 0 Å². The Kier molecular flexibility index (Phi) is 4.15. The van der Waals surface area contributed by atoms with Gasteiger partial charge in [-0.05, 0) is 12.8 Å². The van der Waals surface area contributed by atoms with Gasteiger partial charge >= 0.3 is 0 Å². The maximum absolute atomic E-state index is 11.9. The summed E-state index contributed by atoms with van der Waals surface area (Å²) in [5, 5.41) is 19.1. The van der Waals surface area contributed by atoms with Gasteiger partial charge in [0.15, 0.2) is 0 Å². The Morgan fingerprint density at radius 3 is 2.75 bits per heavy atom. The van der Waals surface area contributed by atoms with Gasteiger partial charge in [0.2, 0.25) is 5.91 Å². The van der Waals surface area contributed by atoms with Crippen molar-refractivity contribution >= 4 is 5.91 Å². The van der Waals surface area contributed by atoms with E-state index in [-0.39, 0.29) is 24.1 Å².